The van der Waals surface area contributed by atoms with Crippen LogP contribution in [0.5, 0.6) is 34.5 Å². The first kappa shape index (κ1) is 42.3. The molecule has 12 nitrogen and oxygen atoms in total. The molecule has 0 bridgehead atoms. The molecule has 0 N–H and O–H groups in total. The summed E-state index contributed by atoms with van der Waals surface area (Å²) in [5.41, 5.74) is -0.243. The second kappa shape index (κ2) is 21.1. The van der Waals surface area contributed by atoms with Crippen molar-refractivity contribution in [2.75, 3.05) is 41.2 Å². The number of hydrogen-bond donors (Lipinski definition) is 0. The van der Waals surface area contributed by atoms with Gasteiger partial charge in [0.1, 0.15) is 32.3 Å². The monoisotopic (exact) mass is 714 g/mol. The average molecular weight is 716 g/mol. The smallest absolute Gasteiger partial charge is 0.545 e. The van der Waals surface area contributed by atoms with Gasteiger partial charge in [-0.15, -0.1) is 0 Å². The molecule has 0 atom stereocenters. The van der Waals surface area contributed by atoms with Gasteiger partial charge < -0.3 is 58.1 Å². The fourth-order valence-electron chi connectivity index (χ4n) is 3.43. The van der Waals surface area contributed by atoms with E-state index < -0.39 is 17.9 Å². The van der Waals surface area contributed by atoms with Crippen LogP contribution in [0.15, 0.2) is 36.4 Å². The van der Waals surface area contributed by atoms with E-state index in [1.807, 2.05) is 0 Å². The van der Waals surface area contributed by atoms with Crippen LogP contribution in [0.2, 0.25) is 15.1 Å². The third kappa shape index (κ3) is 11.3. The minimum atomic E-state index is -1.33. The van der Waals surface area contributed by atoms with E-state index in [9.17, 15) is 29.7 Å². The maximum atomic E-state index is 10.8. The number of halogens is 3. The Hall–Kier alpha value is -3.73. The van der Waals surface area contributed by atoms with Crippen LogP contribution in [0.4, 0.5) is 0 Å². The van der Waals surface area contributed by atoms with Gasteiger partial charge in [-0.3, -0.25) is 0 Å². The molecule has 0 spiro atoms. The largest absolute Gasteiger partial charge is 3.00 e. The van der Waals surface area contributed by atoms with Crippen LogP contribution in [0.3, 0.4) is 0 Å². The van der Waals surface area contributed by atoms with Crippen LogP contribution in [0, 0.1) is 0 Å². The molecule has 0 amide bonds. The van der Waals surface area contributed by atoms with Crippen LogP contribution in [0.1, 0.15) is 51.8 Å². The summed E-state index contributed by atoms with van der Waals surface area (Å²) >= 11 is 17.7. The Bertz CT molecular complexity index is 1310. The zero-order chi connectivity index (χ0) is 34.3. The molecule has 0 radical (unpaired) electrons. The van der Waals surface area contributed by atoms with Crippen molar-refractivity contribution in [3.63, 3.8) is 0 Å². The van der Waals surface area contributed by atoms with Crippen LogP contribution < -0.4 is 43.7 Å². The number of carbonyl (C=O) groups excluding carboxylic acids is 3. The van der Waals surface area contributed by atoms with Gasteiger partial charge in [0.25, 0.3) is 0 Å². The van der Waals surface area contributed by atoms with Gasteiger partial charge in [-0.25, -0.2) is 0 Å². The molecule has 3 rings (SSSR count). The Morgan fingerprint density at radius 2 is 0.739 bits per heavy atom. The molecule has 0 aliphatic heterocycles. The molecule has 0 unspecified atom stereocenters. The molecule has 0 aliphatic carbocycles. The number of aromatic carboxylic acids is 3. The molecule has 3 aromatic carbocycles. The van der Waals surface area contributed by atoms with Crippen molar-refractivity contribution in [1.82, 2.24) is 0 Å². The van der Waals surface area contributed by atoms with Crippen LogP contribution in [0.25, 0.3) is 0 Å². The number of methoxy groups -OCH3 is 3. The van der Waals surface area contributed by atoms with E-state index in [0.29, 0.717) is 37.1 Å². The second-order valence-corrected chi connectivity index (χ2v) is 9.17. The van der Waals surface area contributed by atoms with Crippen molar-refractivity contribution < 1.29 is 58.1 Å². The number of rotatable bonds is 12. The molecule has 3 aromatic rings. The number of carboxylic acid groups (broad SMARTS) is 3. The molecule has 16 heteroatoms. The van der Waals surface area contributed by atoms with E-state index in [2.05, 4.69) is 0 Å². The van der Waals surface area contributed by atoms with Gasteiger partial charge >= 0.3 is 17.4 Å². The first-order valence-corrected chi connectivity index (χ1v) is 14.1. The molecule has 0 fully saturated rings. The normalized spacial score (nSPS) is 9.59. The van der Waals surface area contributed by atoms with Gasteiger partial charge in [0.15, 0.2) is 17.2 Å². The quantitative estimate of drug-likeness (QED) is 0.251. The van der Waals surface area contributed by atoms with Crippen LogP contribution in [-0.2, 0) is 0 Å². The Balaban J connectivity index is 0.000000653. The van der Waals surface area contributed by atoms with Crippen molar-refractivity contribution in [1.29, 1.82) is 0 Å². The minimum absolute atomic E-state index is 0. The number of benzene rings is 3. The number of carbonyl (C=O) groups is 3. The van der Waals surface area contributed by atoms with Gasteiger partial charge in [-0.1, -0.05) is 34.8 Å². The average Bonchev–Trinajstić information content (AvgIpc) is 3.00. The third-order valence-electron chi connectivity index (χ3n) is 5.37. The van der Waals surface area contributed by atoms with Crippen molar-refractivity contribution in [2.24, 2.45) is 0 Å². The van der Waals surface area contributed by atoms with Crippen molar-refractivity contribution in [3.8, 4) is 34.5 Å². The van der Waals surface area contributed by atoms with E-state index in [0.717, 1.165) is 0 Å². The predicted molar refractivity (Wildman–Crippen MR) is 166 cm³/mol. The third-order valence-corrected chi connectivity index (χ3v) is 6.44. The summed E-state index contributed by atoms with van der Waals surface area (Å²) in [6.45, 7) is 6.13. The van der Waals surface area contributed by atoms with Gasteiger partial charge in [-0.2, -0.15) is 0 Å². The Kier molecular flexibility index (Phi) is 19.4. The van der Waals surface area contributed by atoms with Crippen LogP contribution >= 0.6 is 34.8 Å². The van der Waals surface area contributed by atoms with Crippen molar-refractivity contribution in [2.45, 2.75) is 20.8 Å². The second-order valence-electron chi connectivity index (χ2n) is 8.04. The summed E-state index contributed by atoms with van der Waals surface area (Å²) in [7, 11) is 4.32. The fraction of sp³-hybridized carbons (Fsp3) is 0.300. The molecule has 0 saturated carbocycles. The molecule has 46 heavy (non-hydrogen) atoms. The molecule has 0 heterocycles. The van der Waals surface area contributed by atoms with Gasteiger partial charge in [0, 0.05) is 16.7 Å². The molecular weight excluding hydrogens is 686 g/mol. The Morgan fingerprint density at radius 1 is 0.522 bits per heavy atom. The summed E-state index contributed by atoms with van der Waals surface area (Å²) in [4.78, 5) is 32.3. The first-order chi connectivity index (χ1) is 21.3. The fourth-order valence-corrected chi connectivity index (χ4v) is 4.32. The SMILES string of the molecule is CCOc1c(C(=O)[O-])ccc(OC)c1Cl.CCOc1c(C(=O)[O-])ccc(OC)c1Cl.CCOc1c(C(=O)[O-])ccc(OC)c1Cl.[Al+3]. The molecular formula is C30H30AlCl3O12. The molecule has 246 valence electrons. The van der Waals surface area contributed by atoms with Gasteiger partial charge in [0.2, 0.25) is 0 Å². The topological polar surface area (TPSA) is 176 Å². The standard InChI is InChI=1S/3C10H11ClO4.Al/c3*1-3-15-9-6(10(12)13)4-5-7(14-2)8(9)11;/h3*4-5H,3H2,1-2H3,(H,12,13);/q;;;+3/p-3. The van der Waals surface area contributed by atoms with E-state index in [-0.39, 0.29) is 66.4 Å². The summed E-state index contributed by atoms with van der Waals surface area (Å²) < 4.78 is 30.2. The summed E-state index contributed by atoms with van der Waals surface area (Å²) in [5.74, 6) is -2.65. The molecule has 0 aliphatic rings. The van der Waals surface area contributed by atoms with E-state index >= 15 is 0 Å². The zero-order valence-electron chi connectivity index (χ0n) is 25.7. The Morgan fingerprint density at radius 3 is 0.891 bits per heavy atom. The van der Waals surface area contributed by atoms with E-state index in [4.69, 9.17) is 63.2 Å². The maximum absolute atomic E-state index is 10.8. The summed E-state index contributed by atoms with van der Waals surface area (Å²) in [5, 5.41) is 32.7. The van der Waals surface area contributed by atoms with Gasteiger partial charge in [0.05, 0.1) is 59.1 Å². The number of hydrogen-bond acceptors (Lipinski definition) is 12. The predicted octanol–water partition coefficient (Wildman–Crippen LogP) is 2.95. The van der Waals surface area contributed by atoms with Crippen molar-refractivity contribution in [3.05, 3.63) is 68.2 Å². The number of carboxylic acids is 3. The maximum Gasteiger partial charge on any atom is 3.00 e. The van der Waals surface area contributed by atoms with Crippen molar-refractivity contribution >= 4 is 70.1 Å². The van der Waals surface area contributed by atoms with E-state index in [1.165, 1.54) is 57.7 Å². The van der Waals surface area contributed by atoms with E-state index in [1.54, 1.807) is 20.8 Å². The minimum Gasteiger partial charge on any atom is -0.545 e. The van der Waals surface area contributed by atoms with Crippen LogP contribution in [-0.4, -0.2) is 76.4 Å². The summed E-state index contributed by atoms with van der Waals surface area (Å²) in [6, 6.07) is 8.38. The Labute approximate surface area is 291 Å². The number of ether oxygens (including phenoxy) is 6. The first-order valence-electron chi connectivity index (χ1n) is 13.0. The van der Waals surface area contributed by atoms with Gasteiger partial charge in [-0.05, 0) is 57.2 Å². The zero-order valence-corrected chi connectivity index (χ0v) is 29.1. The molecule has 0 saturated heterocycles. The summed E-state index contributed by atoms with van der Waals surface area (Å²) in [6.07, 6.45) is 0. The molecule has 0 aromatic heterocycles.